The number of rotatable bonds is 3. The summed E-state index contributed by atoms with van der Waals surface area (Å²) < 4.78 is 27.5. The molecule has 0 saturated carbocycles. The Morgan fingerprint density at radius 1 is 1.00 bits per heavy atom. The molecule has 0 radical (unpaired) electrons. The molecule has 0 aliphatic rings. The van der Waals surface area contributed by atoms with Gasteiger partial charge in [0.15, 0.2) is 0 Å². The highest BCUT2D eigenvalue weighted by molar-refractivity contribution is 7.93. The van der Waals surface area contributed by atoms with Crippen molar-refractivity contribution < 1.29 is 8.42 Å². The predicted molar refractivity (Wildman–Crippen MR) is 83.4 cm³/mol. The van der Waals surface area contributed by atoms with Crippen LogP contribution in [0.25, 0.3) is 10.8 Å². The highest BCUT2D eigenvalue weighted by atomic mass is 32.2. The number of nitrogens with one attached hydrogen (secondary N) is 1. The molecule has 0 bridgehead atoms. The molecule has 6 heteroatoms. The van der Waals surface area contributed by atoms with Crippen molar-refractivity contribution in [2.24, 2.45) is 0 Å². The molecule has 0 fully saturated rings. The van der Waals surface area contributed by atoms with Crippen LogP contribution < -0.4 is 10.5 Å². The Morgan fingerprint density at radius 3 is 2.62 bits per heavy atom. The summed E-state index contributed by atoms with van der Waals surface area (Å²) in [5, 5.41) is 1.64. The highest BCUT2D eigenvalue weighted by Crippen LogP contribution is 2.26. The van der Waals surface area contributed by atoms with Gasteiger partial charge in [0, 0.05) is 17.8 Å². The number of nitrogens with two attached hydrogens (primary N) is 1. The van der Waals surface area contributed by atoms with E-state index in [0.717, 1.165) is 10.8 Å². The van der Waals surface area contributed by atoms with Gasteiger partial charge in [0.25, 0.3) is 10.0 Å². The molecule has 106 valence electrons. The zero-order valence-corrected chi connectivity index (χ0v) is 11.8. The molecule has 2 aromatic carbocycles. The Morgan fingerprint density at radius 2 is 1.81 bits per heavy atom. The number of nitrogens with zero attached hydrogens (tertiary/aromatic N) is 1. The van der Waals surface area contributed by atoms with Crippen molar-refractivity contribution in [3.63, 3.8) is 0 Å². The maximum absolute atomic E-state index is 12.5. The van der Waals surface area contributed by atoms with Crippen LogP contribution in [0.5, 0.6) is 0 Å². The number of hydrogen-bond donors (Lipinski definition) is 2. The third-order valence-corrected chi connectivity index (χ3v) is 4.58. The van der Waals surface area contributed by atoms with Crippen LogP contribution in [-0.4, -0.2) is 13.4 Å². The first-order valence-electron chi connectivity index (χ1n) is 6.28. The largest absolute Gasteiger partial charge is 0.398 e. The predicted octanol–water partition coefficient (Wildman–Crippen LogP) is 2.62. The molecule has 3 N–H and O–H groups in total. The zero-order chi connectivity index (χ0) is 14.9. The molecule has 1 heterocycles. The van der Waals surface area contributed by atoms with Gasteiger partial charge in [-0.1, -0.05) is 24.3 Å². The van der Waals surface area contributed by atoms with E-state index in [2.05, 4.69) is 9.71 Å². The van der Waals surface area contributed by atoms with Crippen molar-refractivity contribution in [3.8, 4) is 0 Å². The third-order valence-electron chi connectivity index (χ3n) is 3.14. The lowest BCUT2D eigenvalue weighted by molar-refractivity contribution is 0.601. The van der Waals surface area contributed by atoms with E-state index in [1.807, 2.05) is 12.1 Å². The number of aromatic nitrogens is 1. The fraction of sp³-hybridized carbons (Fsp3) is 0. The lowest BCUT2D eigenvalue weighted by Crippen LogP contribution is -2.14. The second-order valence-corrected chi connectivity index (χ2v) is 6.20. The topological polar surface area (TPSA) is 85.1 Å². The van der Waals surface area contributed by atoms with Gasteiger partial charge in [-0.25, -0.2) is 8.42 Å². The van der Waals surface area contributed by atoms with Crippen LogP contribution in [0.1, 0.15) is 0 Å². The molecular weight excluding hydrogens is 286 g/mol. The van der Waals surface area contributed by atoms with Gasteiger partial charge in [0.1, 0.15) is 4.90 Å². The molecule has 0 aliphatic carbocycles. The summed E-state index contributed by atoms with van der Waals surface area (Å²) in [6.45, 7) is 0. The highest BCUT2D eigenvalue weighted by Gasteiger charge is 2.17. The minimum absolute atomic E-state index is 0.0610. The molecule has 3 aromatic rings. The number of anilines is 2. The Kier molecular flexibility index (Phi) is 3.23. The Labute approximate surface area is 122 Å². The van der Waals surface area contributed by atoms with E-state index in [9.17, 15) is 8.42 Å². The quantitative estimate of drug-likeness (QED) is 0.728. The first-order valence-corrected chi connectivity index (χ1v) is 7.76. The van der Waals surface area contributed by atoms with Crippen LogP contribution >= 0.6 is 0 Å². The number of para-hydroxylation sites is 1. The van der Waals surface area contributed by atoms with E-state index in [1.54, 1.807) is 42.7 Å². The van der Waals surface area contributed by atoms with E-state index in [1.165, 1.54) is 6.07 Å². The van der Waals surface area contributed by atoms with E-state index in [-0.39, 0.29) is 10.6 Å². The molecular formula is C15H13N3O2S. The van der Waals surface area contributed by atoms with Crippen LogP contribution in [0.15, 0.2) is 65.8 Å². The van der Waals surface area contributed by atoms with E-state index in [4.69, 9.17) is 5.73 Å². The number of pyridine rings is 1. The second kappa shape index (κ2) is 5.06. The molecule has 5 nitrogen and oxygen atoms in total. The van der Waals surface area contributed by atoms with Crippen LogP contribution in [-0.2, 0) is 10.0 Å². The lowest BCUT2D eigenvalue weighted by atomic mass is 10.1. The minimum Gasteiger partial charge on any atom is -0.398 e. The van der Waals surface area contributed by atoms with Crippen molar-refractivity contribution in [2.45, 2.75) is 4.90 Å². The molecule has 21 heavy (non-hydrogen) atoms. The average Bonchev–Trinajstić information content (AvgIpc) is 2.47. The Balaban J connectivity index is 2.08. The standard InChI is InChI=1S/C15H13N3O2S/c16-13-5-1-2-7-15(13)21(19,20)18-14-6-3-4-11-8-9-17-10-12(11)14/h1-10,18H,16H2. The van der Waals surface area contributed by atoms with Gasteiger partial charge in [-0.05, 0) is 29.7 Å². The second-order valence-electron chi connectivity index (χ2n) is 4.55. The van der Waals surface area contributed by atoms with Gasteiger partial charge in [-0.2, -0.15) is 0 Å². The van der Waals surface area contributed by atoms with Crippen molar-refractivity contribution in [1.82, 2.24) is 4.98 Å². The molecule has 0 aliphatic heterocycles. The monoisotopic (exact) mass is 299 g/mol. The first-order chi connectivity index (χ1) is 10.1. The number of nitrogen functional groups attached to an aromatic ring is 1. The van der Waals surface area contributed by atoms with Crippen LogP contribution in [0.2, 0.25) is 0 Å². The Hall–Kier alpha value is -2.60. The summed E-state index contributed by atoms with van der Waals surface area (Å²) >= 11 is 0. The van der Waals surface area contributed by atoms with Crippen molar-refractivity contribution in [1.29, 1.82) is 0 Å². The van der Waals surface area contributed by atoms with Gasteiger partial charge in [0.2, 0.25) is 0 Å². The van der Waals surface area contributed by atoms with Crippen molar-refractivity contribution >= 4 is 32.2 Å². The summed E-state index contributed by atoms with van der Waals surface area (Å²) in [5.41, 5.74) is 6.43. The summed E-state index contributed by atoms with van der Waals surface area (Å²) in [6.07, 6.45) is 3.29. The van der Waals surface area contributed by atoms with Gasteiger partial charge in [0.05, 0.1) is 11.4 Å². The van der Waals surface area contributed by atoms with Crippen LogP contribution in [0.4, 0.5) is 11.4 Å². The summed E-state index contributed by atoms with van der Waals surface area (Å²) in [5.74, 6) is 0. The van der Waals surface area contributed by atoms with E-state index >= 15 is 0 Å². The molecule has 1 aromatic heterocycles. The van der Waals surface area contributed by atoms with E-state index < -0.39 is 10.0 Å². The normalized spacial score (nSPS) is 11.4. The summed E-state index contributed by atoms with van der Waals surface area (Å²) in [4.78, 5) is 4.10. The Bertz CT molecular complexity index is 902. The van der Waals surface area contributed by atoms with Crippen molar-refractivity contribution in [3.05, 3.63) is 60.9 Å². The smallest absolute Gasteiger partial charge is 0.263 e. The fourth-order valence-electron chi connectivity index (χ4n) is 2.13. The molecule has 0 saturated heterocycles. The van der Waals surface area contributed by atoms with Crippen LogP contribution in [0, 0.1) is 0 Å². The molecule has 0 amide bonds. The number of benzene rings is 2. The molecule has 0 unspecified atom stereocenters. The average molecular weight is 299 g/mol. The lowest BCUT2D eigenvalue weighted by Gasteiger charge is -2.11. The maximum Gasteiger partial charge on any atom is 0.263 e. The molecule has 0 atom stereocenters. The molecule has 0 spiro atoms. The SMILES string of the molecule is Nc1ccccc1S(=O)(=O)Nc1cccc2ccncc12. The van der Waals surface area contributed by atoms with E-state index in [0.29, 0.717) is 5.69 Å². The third kappa shape index (κ3) is 2.53. The van der Waals surface area contributed by atoms with Gasteiger partial charge >= 0.3 is 0 Å². The summed E-state index contributed by atoms with van der Waals surface area (Å²) in [7, 11) is -3.74. The number of fused-ring (bicyclic) bond motifs is 1. The fourth-order valence-corrected chi connectivity index (χ4v) is 3.34. The molecule has 3 rings (SSSR count). The zero-order valence-electron chi connectivity index (χ0n) is 11.0. The summed E-state index contributed by atoms with van der Waals surface area (Å²) in [6, 6.07) is 13.6. The number of hydrogen-bond acceptors (Lipinski definition) is 4. The van der Waals surface area contributed by atoms with Gasteiger partial charge in [-0.3, -0.25) is 9.71 Å². The maximum atomic E-state index is 12.5. The van der Waals surface area contributed by atoms with Crippen LogP contribution in [0.3, 0.4) is 0 Å². The van der Waals surface area contributed by atoms with Gasteiger partial charge in [-0.15, -0.1) is 0 Å². The van der Waals surface area contributed by atoms with Crippen molar-refractivity contribution in [2.75, 3.05) is 10.5 Å². The first kappa shape index (κ1) is 13.4. The van der Waals surface area contributed by atoms with Gasteiger partial charge < -0.3 is 5.73 Å². The number of sulfonamides is 1. The minimum atomic E-state index is -3.74.